The Morgan fingerprint density at radius 2 is 1.60 bits per heavy atom. The van der Waals surface area contributed by atoms with Gasteiger partial charge in [-0.05, 0) is 28.6 Å². The van der Waals surface area contributed by atoms with Crippen molar-refractivity contribution in [3.63, 3.8) is 0 Å². The first kappa shape index (κ1) is 35.3. The van der Waals surface area contributed by atoms with E-state index in [2.05, 4.69) is 16.0 Å². The van der Waals surface area contributed by atoms with Crippen molar-refractivity contribution in [2.45, 2.75) is 12.5 Å². The molecule has 13 nitrogen and oxygen atoms in total. The Bertz CT molecular complexity index is 1520. The molecule has 3 N–H and O–H groups in total. The number of halogens is 1. The van der Waals surface area contributed by atoms with E-state index in [9.17, 15) is 19.2 Å². The fraction of sp³-hybridized carbons (Fsp3) is 0.394. The van der Waals surface area contributed by atoms with Gasteiger partial charge in [0.05, 0.1) is 19.8 Å². The summed E-state index contributed by atoms with van der Waals surface area (Å²) in [5, 5.41) is 10.1. The predicted molar refractivity (Wildman–Crippen MR) is 178 cm³/mol. The highest BCUT2D eigenvalue weighted by molar-refractivity contribution is 6.18. The van der Waals surface area contributed by atoms with Crippen LogP contribution in [0.15, 0.2) is 54.6 Å². The summed E-state index contributed by atoms with van der Waals surface area (Å²) in [6, 6.07) is 16.4. The zero-order valence-electron chi connectivity index (χ0n) is 26.5. The maximum absolute atomic E-state index is 13.5. The molecule has 0 unspecified atom stereocenters. The normalized spacial score (nSPS) is 13.3. The molecule has 0 aromatic heterocycles. The van der Waals surface area contributed by atoms with Gasteiger partial charge in [0.15, 0.2) is 0 Å². The first-order valence-corrected chi connectivity index (χ1v) is 15.7. The first-order chi connectivity index (χ1) is 22.9. The number of hydrogen-bond donors (Lipinski definition) is 3. The van der Waals surface area contributed by atoms with E-state index in [4.69, 9.17) is 30.5 Å². The summed E-state index contributed by atoms with van der Waals surface area (Å²) in [4.78, 5) is 51.8. The number of nitrogens with one attached hydrogen (secondary N) is 3. The molecule has 0 radical (unpaired) electrons. The molecule has 1 heterocycles. The summed E-state index contributed by atoms with van der Waals surface area (Å²) in [5.74, 6) is 0.687. The summed E-state index contributed by atoms with van der Waals surface area (Å²) in [6.45, 7) is 1.89. The summed E-state index contributed by atoms with van der Waals surface area (Å²) < 4.78 is 22.0. The molecule has 0 bridgehead atoms. The molecule has 0 saturated heterocycles. The van der Waals surface area contributed by atoms with Gasteiger partial charge in [0.1, 0.15) is 12.4 Å². The summed E-state index contributed by atoms with van der Waals surface area (Å²) in [6.07, 6.45) is -0.709. The fourth-order valence-corrected chi connectivity index (χ4v) is 5.42. The molecule has 3 aromatic carbocycles. The molecular formula is C33H40ClN5O8. The van der Waals surface area contributed by atoms with Crippen LogP contribution in [0.2, 0.25) is 0 Å². The van der Waals surface area contributed by atoms with Crippen LogP contribution in [-0.4, -0.2) is 107 Å². The number of carbonyl (C=O) groups is 4. The zero-order valence-corrected chi connectivity index (χ0v) is 27.2. The lowest BCUT2D eigenvalue weighted by Gasteiger charge is -2.27. The molecule has 1 atom stereocenters. The van der Waals surface area contributed by atoms with Gasteiger partial charge < -0.3 is 44.7 Å². The minimum absolute atomic E-state index is 0.0112. The lowest BCUT2D eigenvalue weighted by molar-refractivity contribution is -0.118. The third-order valence-corrected chi connectivity index (χ3v) is 7.98. The van der Waals surface area contributed by atoms with Crippen LogP contribution in [0.4, 0.5) is 21.0 Å². The van der Waals surface area contributed by atoms with Gasteiger partial charge in [0, 0.05) is 81.6 Å². The number of hydrogen-bond acceptors (Lipinski definition) is 9. The second-order valence-corrected chi connectivity index (χ2v) is 11.0. The van der Waals surface area contributed by atoms with E-state index < -0.39 is 12.2 Å². The molecule has 3 aromatic rings. The number of alkyl halides is 1. The number of anilines is 2. The van der Waals surface area contributed by atoms with Crippen molar-refractivity contribution in [2.24, 2.45) is 0 Å². The topological polar surface area (TPSA) is 148 Å². The van der Waals surface area contributed by atoms with Gasteiger partial charge in [-0.2, -0.15) is 0 Å². The average Bonchev–Trinajstić information content (AvgIpc) is 3.51. The standard InChI is InChI=1S/C33H40ClN5O8/c1-44-15-13-38(32(42)46-21-23-7-9-25(10-8-23)37-30(41)20-35-22-40)11-12-39(14-16-45-2)33(43)47-29-17-28-31(24(18-34)19-36-28)27-6-4-3-5-26(27)29/h3-10,17,22,24,36H,11-16,18-21H2,1-2H3,(H,35,40)(H,37,41)/t24-/m1/s1. The smallest absolute Gasteiger partial charge is 0.415 e. The number of amides is 4. The Hall–Kier alpha value is -4.59. The van der Waals surface area contributed by atoms with E-state index in [0.29, 0.717) is 35.8 Å². The second-order valence-electron chi connectivity index (χ2n) is 10.7. The Labute approximate surface area is 278 Å². The van der Waals surface area contributed by atoms with Crippen molar-refractivity contribution in [2.75, 3.05) is 83.2 Å². The molecule has 252 valence electrons. The Kier molecular flexibility index (Phi) is 13.5. The highest BCUT2D eigenvalue weighted by atomic mass is 35.5. The molecule has 4 amide bonds. The van der Waals surface area contributed by atoms with Gasteiger partial charge in [0.25, 0.3) is 0 Å². The number of methoxy groups -OCH3 is 2. The first-order valence-electron chi connectivity index (χ1n) is 15.2. The van der Waals surface area contributed by atoms with Crippen molar-refractivity contribution >= 4 is 58.3 Å². The van der Waals surface area contributed by atoms with E-state index in [1.807, 2.05) is 30.3 Å². The molecule has 1 aliphatic rings. The summed E-state index contributed by atoms with van der Waals surface area (Å²) in [7, 11) is 3.08. The monoisotopic (exact) mass is 669 g/mol. The zero-order chi connectivity index (χ0) is 33.6. The van der Waals surface area contributed by atoms with Gasteiger partial charge in [-0.15, -0.1) is 11.6 Å². The van der Waals surface area contributed by atoms with Gasteiger partial charge in [-0.1, -0.05) is 36.4 Å². The van der Waals surface area contributed by atoms with Crippen molar-refractivity contribution in [3.05, 3.63) is 65.7 Å². The van der Waals surface area contributed by atoms with Crippen LogP contribution in [-0.2, 0) is 30.4 Å². The lowest BCUT2D eigenvalue weighted by atomic mass is 9.95. The molecular weight excluding hydrogens is 630 g/mol. The minimum Gasteiger partial charge on any atom is -0.445 e. The van der Waals surface area contributed by atoms with Crippen LogP contribution >= 0.6 is 11.6 Å². The van der Waals surface area contributed by atoms with Gasteiger partial charge in [-0.25, -0.2) is 9.59 Å². The average molecular weight is 670 g/mol. The molecule has 0 aliphatic carbocycles. The van der Waals surface area contributed by atoms with Gasteiger partial charge >= 0.3 is 12.2 Å². The molecule has 0 spiro atoms. The van der Waals surface area contributed by atoms with Crippen molar-refractivity contribution in [1.82, 2.24) is 15.1 Å². The van der Waals surface area contributed by atoms with Crippen molar-refractivity contribution < 1.29 is 38.1 Å². The van der Waals surface area contributed by atoms with E-state index >= 15 is 0 Å². The highest BCUT2D eigenvalue weighted by Crippen LogP contribution is 2.42. The van der Waals surface area contributed by atoms with E-state index in [-0.39, 0.29) is 64.4 Å². The number of carbonyl (C=O) groups excluding carboxylic acids is 4. The van der Waals surface area contributed by atoms with Gasteiger partial charge in [0.2, 0.25) is 12.3 Å². The second kappa shape index (κ2) is 17.9. The van der Waals surface area contributed by atoms with E-state index in [1.54, 1.807) is 31.4 Å². The van der Waals surface area contributed by atoms with Crippen molar-refractivity contribution in [3.8, 4) is 5.75 Å². The van der Waals surface area contributed by atoms with Crippen LogP contribution in [0.5, 0.6) is 5.75 Å². The third-order valence-electron chi connectivity index (χ3n) is 7.61. The molecule has 4 rings (SSSR count). The molecule has 14 heteroatoms. The van der Waals surface area contributed by atoms with Crippen LogP contribution in [0.1, 0.15) is 17.0 Å². The minimum atomic E-state index is -0.580. The number of nitrogens with zero attached hydrogens (tertiary/aromatic N) is 2. The summed E-state index contributed by atoms with van der Waals surface area (Å²) >= 11 is 6.24. The quantitative estimate of drug-likeness (QED) is 0.143. The molecule has 1 aliphatic heterocycles. The van der Waals surface area contributed by atoms with Gasteiger partial charge in [-0.3, -0.25) is 9.59 Å². The number of benzene rings is 3. The largest absolute Gasteiger partial charge is 0.445 e. The van der Waals surface area contributed by atoms with Crippen LogP contribution in [0, 0.1) is 0 Å². The Morgan fingerprint density at radius 1 is 0.936 bits per heavy atom. The maximum atomic E-state index is 13.5. The summed E-state index contributed by atoms with van der Waals surface area (Å²) in [5.41, 5.74) is 3.24. The molecule has 47 heavy (non-hydrogen) atoms. The lowest BCUT2D eigenvalue weighted by Crippen LogP contribution is -2.44. The van der Waals surface area contributed by atoms with Crippen LogP contribution in [0.3, 0.4) is 0 Å². The molecule has 0 fully saturated rings. The highest BCUT2D eigenvalue weighted by Gasteiger charge is 2.27. The predicted octanol–water partition coefficient (Wildman–Crippen LogP) is 4.00. The van der Waals surface area contributed by atoms with Crippen molar-refractivity contribution in [1.29, 1.82) is 0 Å². The SMILES string of the molecule is COCCN(CCN(CCOC)C(=O)Oc1cc2c(c3ccccc13)[C@H](CCl)CN2)C(=O)OCc1ccc(NC(=O)CNC=O)cc1. The van der Waals surface area contributed by atoms with E-state index in [1.165, 1.54) is 16.9 Å². The number of fused-ring (bicyclic) bond motifs is 3. The Balaban J connectivity index is 1.40. The van der Waals surface area contributed by atoms with E-state index in [0.717, 1.165) is 22.0 Å². The fourth-order valence-electron chi connectivity index (χ4n) is 5.15. The van der Waals surface area contributed by atoms with Crippen LogP contribution < -0.4 is 20.7 Å². The molecule has 0 saturated carbocycles. The maximum Gasteiger partial charge on any atom is 0.415 e. The third kappa shape index (κ3) is 9.70. The van der Waals surface area contributed by atoms with Crippen LogP contribution in [0.25, 0.3) is 10.8 Å². The number of rotatable bonds is 17. The Morgan fingerprint density at radius 3 is 2.23 bits per heavy atom. The number of ether oxygens (including phenoxy) is 4.